The van der Waals surface area contributed by atoms with Gasteiger partial charge in [-0.25, -0.2) is 0 Å². The van der Waals surface area contributed by atoms with Crippen molar-refractivity contribution in [3.63, 3.8) is 0 Å². The molecule has 172 valence electrons. The molecule has 0 radical (unpaired) electrons. The Hall–Kier alpha value is -3.29. The molecule has 32 heavy (non-hydrogen) atoms. The number of aliphatic hydroxyl groups excluding tert-OH is 4. The van der Waals surface area contributed by atoms with Crippen molar-refractivity contribution in [1.29, 1.82) is 0 Å². The monoisotopic (exact) mass is 452 g/mol. The number of phenols is 3. The summed E-state index contributed by atoms with van der Waals surface area (Å²) >= 11 is 0. The van der Waals surface area contributed by atoms with Crippen molar-refractivity contribution in [3.05, 3.63) is 28.4 Å². The lowest BCUT2D eigenvalue weighted by Crippen LogP contribution is -2.60. The van der Waals surface area contributed by atoms with Gasteiger partial charge in [0, 0.05) is 6.07 Å². The van der Waals surface area contributed by atoms with E-state index in [1.165, 1.54) is 13.2 Å². The summed E-state index contributed by atoms with van der Waals surface area (Å²) in [5, 5.41) is 68.9. The number of phenolic OH excluding ortho intramolecular Hbond substituents is 3. The number of ether oxygens (including phenoxy) is 3. The fourth-order valence-corrected chi connectivity index (χ4v) is 3.59. The Bertz CT molecular complexity index is 1230. The van der Waals surface area contributed by atoms with Gasteiger partial charge in [-0.05, 0) is 12.1 Å². The molecular weight excluding hydrogens is 432 g/mol. The second-order valence-corrected chi connectivity index (χ2v) is 7.18. The summed E-state index contributed by atoms with van der Waals surface area (Å²) in [5.41, 5.74) is -1.25. The minimum atomic E-state index is -1.74. The molecule has 1 aliphatic heterocycles. The van der Waals surface area contributed by atoms with E-state index in [0.717, 1.165) is 12.1 Å². The molecule has 0 saturated carbocycles. The zero-order chi connectivity index (χ0) is 23.3. The summed E-state index contributed by atoms with van der Waals surface area (Å²) in [6.45, 7) is -0.678. The second kappa shape index (κ2) is 8.00. The number of hydrogen-bond donors (Lipinski definition) is 7. The Labute approximate surface area is 178 Å². The Morgan fingerprint density at radius 1 is 1.00 bits per heavy atom. The zero-order valence-electron chi connectivity index (χ0n) is 16.5. The Morgan fingerprint density at radius 3 is 2.38 bits per heavy atom. The lowest BCUT2D eigenvalue weighted by atomic mass is 9.99. The molecule has 5 atom stereocenters. The highest BCUT2D eigenvalue weighted by Crippen LogP contribution is 2.43. The van der Waals surface area contributed by atoms with E-state index in [2.05, 4.69) is 0 Å². The zero-order valence-corrected chi connectivity index (χ0v) is 16.5. The lowest BCUT2D eigenvalue weighted by molar-refractivity contribution is -0.277. The third-order valence-corrected chi connectivity index (χ3v) is 5.26. The van der Waals surface area contributed by atoms with Gasteiger partial charge in [0.25, 0.3) is 0 Å². The highest BCUT2D eigenvalue weighted by atomic mass is 16.7. The first-order chi connectivity index (χ1) is 15.2. The maximum atomic E-state index is 12.9. The van der Waals surface area contributed by atoms with Crippen LogP contribution in [0.5, 0.6) is 28.7 Å². The number of aliphatic hydroxyl groups is 4. The van der Waals surface area contributed by atoms with Crippen molar-refractivity contribution >= 4 is 21.9 Å². The van der Waals surface area contributed by atoms with Gasteiger partial charge in [0.2, 0.25) is 17.5 Å². The quantitative estimate of drug-likeness (QED) is 0.193. The van der Waals surface area contributed by atoms with E-state index in [0.29, 0.717) is 0 Å². The van der Waals surface area contributed by atoms with E-state index >= 15 is 0 Å². The number of methoxy groups -OCH3 is 1. The fraction of sp³-hybridized carbons (Fsp3) is 0.350. The maximum absolute atomic E-state index is 12.9. The lowest BCUT2D eigenvalue weighted by Gasteiger charge is -2.39. The summed E-state index contributed by atoms with van der Waals surface area (Å²) in [6, 6.07) is 3.30. The molecule has 0 unspecified atom stereocenters. The topological polar surface area (TPSA) is 200 Å². The first-order valence-corrected chi connectivity index (χ1v) is 9.38. The van der Waals surface area contributed by atoms with Gasteiger partial charge in [0.15, 0.2) is 22.8 Å². The normalized spacial score (nSPS) is 25.8. The molecule has 1 fully saturated rings. The average molecular weight is 452 g/mol. The molecule has 2 heterocycles. The van der Waals surface area contributed by atoms with Crippen LogP contribution in [-0.4, -0.2) is 80.2 Å². The molecule has 12 nitrogen and oxygen atoms in total. The molecule has 2 aromatic carbocycles. The van der Waals surface area contributed by atoms with Crippen molar-refractivity contribution in [2.45, 2.75) is 30.7 Å². The molecule has 1 aromatic heterocycles. The molecule has 0 spiro atoms. The molecule has 1 aliphatic rings. The van der Waals surface area contributed by atoms with E-state index in [1.54, 1.807) is 0 Å². The van der Waals surface area contributed by atoms with Crippen molar-refractivity contribution < 1.29 is 54.4 Å². The summed E-state index contributed by atoms with van der Waals surface area (Å²) in [5.74, 6) is -2.37. The Kier molecular flexibility index (Phi) is 5.48. The largest absolute Gasteiger partial charge is 0.507 e. The van der Waals surface area contributed by atoms with Gasteiger partial charge < -0.3 is 54.4 Å². The van der Waals surface area contributed by atoms with E-state index in [9.17, 15) is 40.5 Å². The highest BCUT2D eigenvalue weighted by molar-refractivity contribution is 5.99. The van der Waals surface area contributed by atoms with E-state index in [-0.39, 0.29) is 33.4 Å². The smallest absolute Gasteiger partial charge is 0.229 e. The SMILES string of the molecule is COc1c(O[C@@H]2O[C@H](CO)[C@@H](O)[C@H](O)[C@H]2O)cc(O)c2c(=O)c3c(O)c(O)ccc3oc12. The standard InChI is InChI=1S/C20H20O12/c1-29-18-9(31-20-17(28)16(27)14(25)10(5-21)32-20)4-7(23)11-15(26)12-8(30-19(11)18)3-2-6(22)13(12)24/h2-4,10,14,16-17,20-25,27-28H,5H2,1H3/t10-,14-,16+,17-,20-/m1/s1. The summed E-state index contributed by atoms with van der Waals surface area (Å²) in [7, 11) is 1.21. The van der Waals surface area contributed by atoms with E-state index in [1.807, 2.05) is 0 Å². The molecule has 0 bridgehead atoms. The van der Waals surface area contributed by atoms with Crippen LogP contribution >= 0.6 is 0 Å². The Balaban J connectivity index is 1.87. The summed E-state index contributed by atoms with van der Waals surface area (Å²) < 4.78 is 21.7. The predicted octanol–water partition coefficient (Wildman–Crippen LogP) is -0.750. The number of hydrogen-bond acceptors (Lipinski definition) is 12. The second-order valence-electron chi connectivity index (χ2n) is 7.18. The molecule has 7 N–H and O–H groups in total. The van der Waals surface area contributed by atoms with Gasteiger partial charge in [-0.3, -0.25) is 4.79 Å². The summed E-state index contributed by atoms with van der Waals surface area (Å²) in [6.07, 6.45) is -7.88. The minimum absolute atomic E-state index is 0.125. The van der Waals surface area contributed by atoms with Crippen LogP contribution < -0.4 is 14.9 Å². The van der Waals surface area contributed by atoms with Crippen molar-refractivity contribution in [2.75, 3.05) is 13.7 Å². The van der Waals surface area contributed by atoms with Crippen LogP contribution in [0, 0.1) is 0 Å². The number of fused-ring (bicyclic) bond motifs is 2. The Morgan fingerprint density at radius 2 is 1.72 bits per heavy atom. The van der Waals surface area contributed by atoms with Crippen molar-refractivity contribution in [1.82, 2.24) is 0 Å². The molecule has 0 aliphatic carbocycles. The van der Waals surface area contributed by atoms with Crippen LogP contribution in [-0.2, 0) is 4.74 Å². The number of aromatic hydroxyl groups is 3. The van der Waals surface area contributed by atoms with Crippen LogP contribution in [0.1, 0.15) is 0 Å². The van der Waals surface area contributed by atoms with Crippen LogP contribution in [0.2, 0.25) is 0 Å². The molecular formula is C20H20O12. The minimum Gasteiger partial charge on any atom is -0.507 e. The maximum Gasteiger partial charge on any atom is 0.229 e. The fourth-order valence-electron chi connectivity index (χ4n) is 3.59. The molecule has 0 amide bonds. The van der Waals surface area contributed by atoms with Gasteiger partial charge in [0.1, 0.15) is 46.5 Å². The van der Waals surface area contributed by atoms with Gasteiger partial charge in [-0.1, -0.05) is 0 Å². The molecule has 1 saturated heterocycles. The number of benzene rings is 2. The van der Waals surface area contributed by atoms with Crippen LogP contribution in [0.3, 0.4) is 0 Å². The summed E-state index contributed by atoms with van der Waals surface area (Å²) in [4.78, 5) is 12.9. The van der Waals surface area contributed by atoms with Gasteiger partial charge in [-0.15, -0.1) is 0 Å². The van der Waals surface area contributed by atoms with Crippen molar-refractivity contribution in [2.24, 2.45) is 0 Å². The molecule has 12 heteroatoms. The van der Waals surface area contributed by atoms with E-state index < -0.39 is 60.0 Å². The average Bonchev–Trinajstić information content (AvgIpc) is 2.76. The van der Waals surface area contributed by atoms with Gasteiger partial charge >= 0.3 is 0 Å². The van der Waals surface area contributed by atoms with E-state index in [4.69, 9.17) is 18.6 Å². The van der Waals surface area contributed by atoms with Crippen LogP contribution in [0.15, 0.2) is 27.4 Å². The molecule has 4 rings (SSSR count). The number of rotatable bonds is 4. The highest BCUT2D eigenvalue weighted by Gasteiger charge is 2.45. The van der Waals surface area contributed by atoms with Crippen molar-refractivity contribution in [3.8, 4) is 28.7 Å². The van der Waals surface area contributed by atoms with Gasteiger partial charge in [-0.2, -0.15) is 0 Å². The third-order valence-electron chi connectivity index (χ3n) is 5.26. The first kappa shape index (κ1) is 21.9. The predicted molar refractivity (Wildman–Crippen MR) is 106 cm³/mol. The van der Waals surface area contributed by atoms with Gasteiger partial charge in [0.05, 0.1) is 13.7 Å². The molecule has 3 aromatic rings. The van der Waals surface area contributed by atoms with Crippen LogP contribution in [0.25, 0.3) is 21.9 Å². The third kappa shape index (κ3) is 3.25. The van der Waals surface area contributed by atoms with Crippen LogP contribution in [0.4, 0.5) is 0 Å². The first-order valence-electron chi connectivity index (χ1n) is 9.38.